The van der Waals surface area contributed by atoms with Gasteiger partial charge in [0.25, 0.3) is 5.56 Å². The van der Waals surface area contributed by atoms with Crippen LogP contribution in [0.5, 0.6) is 0 Å². The first-order valence-corrected chi connectivity index (χ1v) is 11.2. The molecule has 0 aliphatic carbocycles. The second-order valence-electron chi connectivity index (χ2n) is 8.26. The fourth-order valence-corrected chi connectivity index (χ4v) is 4.37. The van der Waals surface area contributed by atoms with Crippen LogP contribution in [0.15, 0.2) is 82.7 Å². The van der Waals surface area contributed by atoms with E-state index in [1.54, 1.807) is 28.5 Å². The van der Waals surface area contributed by atoms with Crippen molar-refractivity contribution in [2.75, 3.05) is 0 Å². The summed E-state index contributed by atoms with van der Waals surface area (Å²) >= 11 is 7.61. The Labute approximate surface area is 185 Å². The van der Waals surface area contributed by atoms with Gasteiger partial charge in [-0.25, -0.2) is 4.98 Å². The van der Waals surface area contributed by atoms with E-state index in [0.717, 1.165) is 11.4 Å². The molecule has 0 radical (unpaired) electrons. The summed E-state index contributed by atoms with van der Waals surface area (Å²) in [5.74, 6) is 0.725. The Hall–Kier alpha value is -2.56. The Morgan fingerprint density at radius 3 is 2.27 bits per heavy atom. The molecule has 0 aliphatic heterocycles. The summed E-state index contributed by atoms with van der Waals surface area (Å²) in [7, 11) is 0. The highest BCUT2D eigenvalue weighted by Gasteiger charge is 2.15. The number of thioether (sulfide) groups is 1. The molecule has 0 N–H and O–H groups in total. The minimum Gasteiger partial charge on any atom is -0.268 e. The Morgan fingerprint density at radius 2 is 1.60 bits per heavy atom. The average Bonchev–Trinajstić information content (AvgIpc) is 2.73. The Morgan fingerprint density at radius 1 is 0.933 bits per heavy atom. The molecule has 0 amide bonds. The number of fused-ring (bicyclic) bond motifs is 1. The monoisotopic (exact) mass is 434 g/mol. The molecule has 0 unspecified atom stereocenters. The van der Waals surface area contributed by atoms with Gasteiger partial charge in [-0.15, -0.1) is 0 Å². The minimum atomic E-state index is -0.0755. The highest BCUT2D eigenvalue weighted by atomic mass is 35.5. The molecule has 3 nitrogen and oxygen atoms in total. The predicted molar refractivity (Wildman–Crippen MR) is 127 cm³/mol. The lowest BCUT2D eigenvalue weighted by Crippen LogP contribution is -2.21. The van der Waals surface area contributed by atoms with Gasteiger partial charge >= 0.3 is 0 Å². The van der Waals surface area contributed by atoms with Crippen molar-refractivity contribution >= 4 is 34.3 Å². The lowest BCUT2D eigenvalue weighted by atomic mass is 9.87. The highest BCUT2D eigenvalue weighted by molar-refractivity contribution is 7.98. The molecule has 1 heterocycles. The third kappa shape index (κ3) is 4.30. The highest BCUT2D eigenvalue weighted by Crippen LogP contribution is 2.27. The molecular weight excluding hydrogens is 412 g/mol. The third-order valence-corrected chi connectivity index (χ3v) is 6.28. The molecule has 0 bridgehead atoms. The van der Waals surface area contributed by atoms with Crippen LogP contribution in [0, 0.1) is 0 Å². The van der Waals surface area contributed by atoms with Crippen molar-refractivity contribution in [1.29, 1.82) is 0 Å². The molecule has 4 rings (SSSR count). The van der Waals surface area contributed by atoms with Crippen LogP contribution in [-0.4, -0.2) is 9.55 Å². The first kappa shape index (κ1) is 20.7. The van der Waals surface area contributed by atoms with Gasteiger partial charge in [0.2, 0.25) is 0 Å². The van der Waals surface area contributed by atoms with Gasteiger partial charge in [0.15, 0.2) is 5.16 Å². The van der Waals surface area contributed by atoms with Crippen molar-refractivity contribution in [1.82, 2.24) is 9.55 Å². The van der Waals surface area contributed by atoms with E-state index in [2.05, 4.69) is 45.0 Å². The molecule has 0 spiro atoms. The van der Waals surface area contributed by atoms with Crippen molar-refractivity contribution < 1.29 is 0 Å². The molecule has 5 heteroatoms. The van der Waals surface area contributed by atoms with E-state index >= 15 is 0 Å². The van der Waals surface area contributed by atoms with E-state index in [1.165, 1.54) is 11.1 Å². The van der Waals surface area contributed by atoms with Crippen molar-refractivity contribution in [3.05, 3.63) is 99.3 Å². The van der Waals surface area contributed by atoms with E-state index in [9.17, 15) is 4.79 Å². The van der Waals surface area contributed by atoms with Crippen LogP contribution in [0.2, 0.25) is 5.02 Å². The molecule has 4 aromatic rings. The smallest absolute Gasteiger partial charge is 0.266 e. The van der Waals surface area contributed by atoms with Gasteiger partial charge in [-0.1, -0.05) is 80.5 Å². The summed E-state index contributed by atoms with van der Waals surface area (Å²) in [6.45, 7) is 6.63. The second kappa shape index (κ2) is 8.29. The molecule has 0 saturated carbocycles. The van der Waals surface area contributed by atoms with Crippen LogP contribution in [0.25, 0.3) is 16.6 Å². The number of aromatic nitrogens is 2. The fourth-order valence-electron chi connectivity index (χ4n) is 3.28. The molecule has 1 aromatic heterocycles. The maximum atomic E-state index is 13.3. The van der Waals surface area contributed by atoms with E-state index in [-0.39, 0.29) is 11.0 Å². The average molecular weight is 435 g/mol. The molecule has 30 heavy (non-hydrogen) atoms. The number of benzene rings is 3. The van der Waals surface area contributed by atoms with E-state index in [1.807, 2.05) is 36.4 Å². The lowest BCUT2D eigenvalue weighted by Gasteiger charge is -2.19. The molecule has 0 fully saturated rings. The summed E-state index contributed by atoms with van der Waals surface area (Å²) < 4.78 is 1.67. The van der Waals surface area contributed by atoms with Gasteiger partial charge in [0.1, 0.15) is 0 Å². The van der Waals surface area contributed by atoms with E-state index in [0.29, 0.717) is 21.1 Å². The zero-order valence-corrected chi connectivity index (χ0v) is 18.8. The summed E-state index contributed by atoms with van der Waals surface area (Å²) in [6.07, 6.45) is 0. The zero-order valence-electron chi connectivity index (χ0n) is 17.2. The Kier molecular flexibility index (Phi) is 5.72. The SMILES string of the molecule is CC(C)(C)c1ccc(CSc2nc3ccccc3c(=O)n2-c2ccc(Cl)cc2)cc1. The van der Waals surface area contributed by atoms with Gasteiger partial charge in [0.05, 0.1) is 16.6 Å². The molecular formula is C25H23ClN2OS. The van der Waals surface area contributed by atoms with Gasteiger partial charge in [-0.05, 0) is 52.9 Å². The van der Waals surface area contributed by atoms with Crippen LogP contribution in [-0.2, 0) is 11.2 Å². The number of rotatable bonds is 4. The molecule has 0 saturated heterocycles. The quantitative estimate of drug-likeness (QED) is 0.267. The van der Waals surface area contributed by atoms with Crippen molar-refractivity contribution in [3.8, 4) is 5.69 Å². The van der Waals surface area contributed by atoms with Crippen LogP contribution in [0.1, 0.15) is 31.9 Å². The number of halogens is 1. The second-order valence-corrected chi connectivity index (χ2v) is 9.64. The number of para-hydroxylation sites is 1. The number of hydrogen-bond acceptors (Lipinski definition) is 3. The Bertz CT molecular complexity index is 1240. The normalized spacial score (nSPS) is 11.7. The predicted octanol–water partition coefficient (Wildman–Crippen LogP) is 6.63. The van der Waals surface area contributed by atoms with Crippen molar-refractivity contribution in [2.45, 2.75) is 37.1 Å². The summed E-state index contributed by atoms with van der Waals surface area (Å²) in [6, 6.07) is 23.4. The third-order valence-electron chi connectivity index (χ3n) is 5.02. The molecule has 0 atom stereocenters. The topological polar surface area (TPSA) is 34.9 Å². The van der Waals surface area contributed by atoms with Gasteiger partial charge < -0.3 is 0 Å². The van der Waals surface area contributed by atoms with Crippen LogP contribution in [0.4, 0.5) is 0 Å². The van der Waals surface area contributed by atoms with Gasteiger partial charge in [0, 0.05) is 10.8 Å². The summed E-state index contributed by atoms with van der Waals surface area (Å²) in [5, 5.41) is 1.90. The van der Waals surface area contributed by atoms with Gasteiger partial charge in [-0.3, -0.25) is 9.36 Å². The van der Waals surface area contributed by atoms with Crippen molar-refractivity contribution in [3.63, 3.8) is 0 Å². The maximum Gasteiger partial charge on any atom is 0.266 e. The Balaban J connectivity index is 1.73. The van der Waals surface area contributed by atoms with Gasteiger partial charge in [-0.2, -0.15) is 0 Å². The van der Waals surface area contributed by atoms with E-state index in [4.69, 9.17) is 16.6 Å². The van der Waals surface area contributed by atoms with Crippen LogP contribution >= 0.6 is 23.4 Å². The molecule has 3 aromatic carbocycles. The minimum absolute atomic E-state index is 0.0755. The largest absolute Gasteiger partial charge is 0.268 e. The first-order chi connectivity index (χ1) is 14.3. The molecule has 0 aliphatic rings. The van der Waals surface area contributed by atoms with Crippen LogP contribution < -0.4 is 5.56 Å². The molecule has 152 valence electrons. The standard InChI is InChI=1S/C25H23ClN2OS/c1-25(2,3)18-10-8-17(9-11-18)16-30-24-27-22-7-5-4-6-21(22)23(29)28(24)20-14-12-19(26)13-15-20/h4-15H,16H2,1-3H3. The fraction of sp³-hybridized carbons (Fsp3) is 0.200. The number of nitrogens with zero attached hydrogens (tertiary/aromatic N) is 2. The van der Waals surface area contributed by atoms with Crippen molar-refractivity contribution in [2.24, 2.45) is 0 Å². The number of hydrogen-bond donors (Lipinski definition) is 0. The lowest BCUT2D eigenvalue weighted by molar-refractivity contribution is 0.590. The van der Waals surface area contributed by atoms with E-state index < -0.39 is 0 Å². The summed E-state index contributed by atoms with van der Waals surface area (Å²) in [5.41, 5.74) is 4.01. The maximum absolute atomic E-state index is 13.3. The summed E-state index contributed by atoms with van der Waals surface area (Å²) in [4.78, 5) is 18.1. The first-order valence-electron chi connectivity index (χ1n) is 9.83. The van der Waals surface area contributed by atoms with Crippen LogP contribution in [0.3, 0.4) is 0 Å². The zero-order chi connectivity index (χ0) is 21.3.